The number of unbranched alkanes of at least 4 members (excludes halogenated alkanes) is 14. The van der Waals surface area contributed by atoms with Crippen LogP contribution in [0.5, 0.6) is 0 Å². The number of hydrogen-bond acceptors (Lipinski definition) is 19. The van der Waals surface area contributed by atoms with Crippen molar-refractivity contribution < 1.29 is 78.8 Å². The van der Waals surface area contributed by atoms with Gasteiger partial charge in [0.25, 0.3) is 5.69 Å². The van der Waals surface area contributed by atoms with Crippen LogP contribution in [0.3, 0.4) is 0 Å². The summed E-state index contributed by atoms with van der Waals surface area (Å²) >= 11 is 0. The smallest absolute Gasteiger partial charge is 0.870 e. The van der Waals surface area contributed by atoms with Gasteiger partial charge in [-0.15, -0.1) is 0 Å². The van der Waals surface area contributed by atoms with Crippen molar-refractivity contribution in [2.45, 2.75) is 263 Å². The Kier molecular flexibility index (Phi) is 68.7. The molecule has 0 saturated carbocycles. The number of esters is 3. The van der Waals surface area contributed by atoms with Gasteiger partial charge in [-0.1, -0.05) is 224 Å². The molecule has 128 heavy (non-hydrogen) atoms. The summed E-state index contributed by atoms with van der Waals surface area (Å²) in [7, 11) is 0. The summed E-state index contributed by atoms with van der Waals surface area (Å²) in [4.78, 5) is 92.1. The van der Waals surface area contributed by atoms with Crippen LogP contribution in [0.2, 0.25) is 0 Å². The molecule has 2 aromatic heterocycles. The maximum Gasteiger partial charge on any atom is 1.00 e. The van der Waals surface area contributed by atoms with E-state index in [2.05, 4.69) is 151 Å². The van der Waals surface area contributed by atoms with Crippen LogP contribution < -0.4 is 50.3 Å². The van der Waals surface area contributed by atoms with Crippen LogP contribution in [0.1, 0.15) is 266 Å². The number of nitro benzene ring substituents is 1. The average molecular weight is 1760 g/mol. The second kappa shape index (κ2) is 75.1. The Morgan fingerprint density at radius 1 is 0.445 bits per heavy atom. The summed E-state index contributed by atoms with van der Waals surface area (Å²) in [6.07, 6.45) is 37.1. The van der Waals surface area contributed by atoms with Crippen LogP contribution in [0.15, 0.2) is 200 Å². The maximum atomic E-state index is 12.4. The molecule has 2 heterocycles. The van der Waals surface area contributed by atoms with Crippen LogP contribution in [0.4, 0.5) is 39.8 Å². The van der Waals surface area contributed by atoms with E-state index in [0.717, 1.165) is 122 Å². The number of benzene rings is 7. The molecule has 698 valence electrons. The van der Waals surface area contributed by atoms with E-state index < -0.39 is 16.9 Å². The summed E-state index contributed by atoms with van der Waals surface area (Å²) in [6, 6.07) is 59.1. The molecule has 9 aromatic rings. The minimum atomic E-state index is -0.732. The molecular formula is C105H154LiN9O13. The third-order valence-corrected chi connectivity index (χ3v) is 20.2. The molecule has 0 aliphatic carbocycles. The second-order valence-corrected chi connectivity index (χ2v) is 30.6. The number of fused-ring (bicyclic) bond motifs is 2. The number of ether oxygens (including phenoxy) is 3. The molecule has 0 aliphatic rings. The predicted octanol–water partition coefficient (Wildman–Crippen LogP) is 22.1. The van der Waals surface area contributed by atoms with E-state index in [9.17, 15) is 38.9 Å². The number of carbonyl (C=O) groups is 6. The number of aldehydes is 1. The first-order valence-corrected chi connectivity index (χ1v) is 45.9. The van der Waals surface area contributed by atoms with Gasteiger partial charge in [-0.3, -0.25) is 39.3 Å². The van der Waals surface area contributed by atoms with Gasteiger partial charge in [0, 0.05) is 125 Å². The summed E-state index contributed by atoms with van der Waals surface area (Å²) in [5, 5.41) is 24.2. The number of hydrogen-bond donors (Lipinski definition) is 4. The van der Waals surface area contributed by atoms with Crippen LogP contribution >= 0.6 is 0 Å². The number of carboxylic acid groups (broad SMARTS) is 1. The number of nitrogens with one attached hydrogen (secondary N) is 1. The molecule has 7 aromatic carbocycles. The number of rotatable bonds is 49. The first-order valence-electron chi connectivity index (χ1n) is 45.9. The van der Waals surface area contributed by atoms with Gasteiger partial charge in [-0.25, -0.2) is 4.79 Å². The van der Waals surface area contributed by atoms with E-state index in [0.29, 0.717) is 63.2 Å². The molecule has 9 rings (SSSR count). The van der Waals surface area contributed by atoms with E-state index >= 15 is 0 Å². The zero-order valence-corrected chi connectivity index (χ0v) is 78.3. The number of anilines is 6. The van der Waals surface area contributed by atoms with Gasteiger partial charge >= 0.3 is 42.7 Å². The Labute approximate surface area is 779 Å². The summed E-state index contributed by atoms with van der Waals surface area (Å²) < 4.78 is 14.5. The zero-order chi connectivity index (χ0) is 91.3. The Morgan fingerprint density at radius 3 is 1.15 bits per heavy atom. The standard InChI is InChI=1S/C28H37N3O.C21H35NO2.C19H31NO2.C11H11NO4.C11H15NO2.C9H8N2.C5H10O.CH4.Li.H2O.H2/c1-3-5-9-19-31(20-10-6-4-2)26-16-13-23(14-17-26)15-18-28(32)30-25-21-24-11-7-8-12-27(24)29-22-25;1-4-7-9-17-22(18-10-8-5-2)20-14-11-19(12-15-20)13-16-21(23)24-6-3;1-3-5-7-15-20(16-8-6-4-2)18-12-9-17(10-13-18)11-14-19(21)22;1-2-16-11(13)8-5-9-3-6-10(7-4-9)12(14)15;1-2-14-11(13)8-5-9-3-6-10(12)7-4-9;10-8-5-7-3-1-2-4-9(7)11-6-8;1-2-3-4-5-6;;;;/h7-8,11-14,16-17,21-22H,3-6,9-10,15,18-20H2,1-2H3,(H,30,32);11-12,14-15H,4-10,13,16-18H2,1-3H3;9-10,12-13H,3-8,11,14-16H2,1-2H3,(H,21,22);3-8H,2H2,1H3;3-4,6-7H,2,5,8,12H2,1H3;1-6H,10H2;5H,2-4H2,1H3;1H4;;1H2;1H/q;;;;;;;;+1;;/p-1/b;;;8-5+;;;;;;;. The van der Waals surface area contributed by atoms with Crippen molar-refractivity contribution in [1.29, 1.82) is 0 Å². The van der Waals surface area contributed by atoms with Gasteiger partial charge in [-0.05, 0) is 210 Å². The number of aliphatic carboxylic acids is 1. The Hall–Kier alpha value is -10.9. The normalized spacial score (nSPS) is 10.2. The number of nitrogens with two attached hydrogens (primary N) is 2. The number of non-ortho nitro benzene ring substituents is 1. The number of para-hydroxylation sites is 2. The molecule has 0 radical (unpaired) electrons. The van der Waals surface area contributed by atoms with Gasteiger partial charge < -0.3 is 61.1 Å². The van der Waals surface area contributed by atoms with Gasteiger partial charge in [0.15, 0.2) is 0 Å². The average Bonchev–Trinajstić information content (AvgIpc) is 0.851. The fourth-order valence-electron chi connectivity index (χ4n) is 13.0. The van der Waals surface area contributed by atoms with Gasteiger partial charge in [0.05, 0.1) is 59.5 Å². The van der Waals surface area contributed by atoms with Gasteiger partial charge in [0.2, 0.25) is 5.91 Å². The number of aryl methyl sites for hydroxylation is 4. The number of nitro groups is 1. The van der Waals surface area contributed by atoms with Crippen LogP contribution in [0.25, 0.3) is 27.9 Å². The number of aromatic nitrogens is 2. The van der Waals surface area contributed by atoms with E-state index in [1.807, 2.05) is 91.9 Å². The first-order chi connectivity index (χ1) is 60.7. The van der Waals surface area contributed by atoms with Crippen molar-refractivity contribution in [3.63, 3.8) is 0 Å². The van der Waals surface area contributed by atoms with Crippen LogP contribution in [-0.4, -0.2) is 121 Å². The molecule has 0 bridgehead atoms. The minimum absolute atomic E-state index is 0. The second-order valence-electron chi connectivity index (χ2n) is 30.6. The maximum absolute atomic E-state index is 12.4. The summed E-state index contributed by atoms with van der Waals surface area (Å²) in [5.41, 5.74) is 24.4. The molecule has 1 amide bonds. The fraction of sp³-hybridized carbons (Fsp3) is 0.467. The van der Waals surface area contributed by atoms with Crippen molar-refractivity contribution >= 4 is 104 Å². The van der Waals surface area contributed by atoms with Crippen molar-refractivity contribution in [2.75, 3.05) is 90.6 Å². The fourth-order valence-corrected chi connectivity index (χ4v) is 13.0. The van der Waals surface area contributed by atoms with Crippen molar-refractivity contribution in [1.82, 2.24) is 9.97 Å². The summed E-state index contributed by atoms with van der Waals surface area (Å²) in [5.74, 6) is -1.40. The van der Waals surface area contributed by atoms with Crippen molar-refractivity contribution in [2.24, 2.45) is 0 Å². The van der Waals surface area contributed by atoms with E-state index in [4.69, 9.17) is 30.8 Å². The van der Waals surface area contributed by atoms with Gasteiger partial charge in [0.1, 0.15) is 6.29 Å². The molecule has 0 fully saturated rings. The first kappa shape index (κ1) is 117. The largest absolute Gasteiger partial charge is 1.00 e. The van der Waals surface area contributed by atoms with E-state index in [1.54, 1.807) is 44.4 Å². The number of carboxylic acids is 1. The van der Waals surface area contributed by atoms with Crippen LogP contribution in [-0.2, 0) is 68.7 Å². The zero-order valence-electron chi connectivity index (χ0n) is 78.3. The Morgan fingerprint density at radius 2 is 0.797 bits per heavy atom. The molecule has 0 spiro atoms. The topological polar surface area (TPSA) is 323 Å². The molecule has 22 nitrogen and oxygen atoms in total. The predicted molar refractivity (Wildman–Crippen MR) is 530 cm³/mol. The van der Waals surface area contributed by atoms with Crippen molar-refractivity contribution in [3.8, 4) is 0 Å². The quantitative estimate of drug-likeness (QED) is 0.00317. The Bertz CT molecular complexity index is 4400. The SMILES string of the molecule is C.CCCCC=O.CCCCCN(CCCCC)c1ccc(CCC(=O)Nc2cnc3ccccc3c2)cc1.CCCCCN(CCCCC)c1ccc(CCC(=O)O)cc1.CCCCCN(CCCCC)c1ccc(CCC(=O)OCC)cc1.CCOC(=O)/C=C/c1ccc([N+](=O)[O-])cc1.CCOC(=O)CCc1ccc(N)cc1.Nc1cnc2ccccc2c1.[HH].[Li+].[OH-]. The third kappa shape index (κ3) is 54.3. The number of pyridine rings is 2. The van der Waals surface area contributed by atoms with Gasteiger partial charge in [-0.2, -0.15) is 0 Å². The summed E-state index contributed by atoms with van der Waals surface area (Å²) in [6.45, 7) is 28.9. The van der Waals surface area contributed by atoms with E-state index in [-0.39, 0.29) is 63.1 Å². The van der Waals surface area contributed by atoms with Crippen molar-refractivity contribution in [3.05, 3.63) is 238 Å². The molecular weight excluding hydrogens is 1600 g/mol. The third-order valence-electron chi connectivity index (χ3n) is 20.2. The number of amides is 1. The Balaban J connectivity index is 0. The van der Waals surface area contributed by atoms with Crippen LogP contribution in [0, 0.1) is 10.1 Å². The monoisotopic (exact) mass is 1760 g/mol. The number of nitrogen functional groups attached to an aromatic ring is 2. The number of nitrogens with zero attached hydrogens (tertiary/aromatic N) is 6. The van der Waals surface area contributed by atoms with E-state index in [1.165, 1.54) is 162 Å². The molecule has 0 saturated heterocycles. The molecule has 23 heteroatoms. The number of carbonyl (C=O) groups excluding carboxylic acids is 5. The minimum Gasteiger partial charge on any atom is -0.870 e. The molecule has 7 N–H and O–H groups in total. The molecule has 0 aliphatic heterocycles. The molecule has 0 atom stereocenters. The molecule has 0 unspecified atom stereocenters.